The molecule has 5 heteroatoms. The minimum absolute atomic E-state index is 0.566. The second kappa shape index (κ2) is 9.97. The van der Waals surface area contributed by atoms with Crippen LogP contribution in [0.5, 0.6) is 0 Å². The van der Waals surface area contributed by atoms with Gasteiger partial charge in [0.2, 0.25) is 0 Å². The van der Waals surface area contributed by atoms with Crippen molar-refractivity contribution in [1.29, 1.82) is 0 Å². The fourth-order valence-electron chi connectivity index (χ4n) is 2.70. The second-order valence-electron chi connectivity index (χ2n) is 6.56. The Morgan fingerprint density at radius 3 is 2.32 bits per heavy atom. The minimum Gasteiger partial charge on any atom is -0.332 e. The van der Waals surface area contributed by atoms with Gasteiger partial charge in [0.15, 0.2) is 5.11 Å². The van der Waals surface area contributed by atoms with Crippen molar-refractivity contribution in [2.45, 2.75) is 36.0 Å². The molecule has 0 spiro atoms. The summed E-state index contributed by atoms with van der Waals surface area (Å²) in [7, 11) is 0. The summed E-state index contributed by atoms with van der Waals surface area (Å²) in [6.07, 6.45) is 1.13. The lowest BCUT2D eigenvalue weighted by Crippen LogP contribution is -2.19. The Kier molecular flexibility index (Phi) is 7.37. The van der Waals surface area contributed by atoms with Crippen LogP contribution in [0.15, 0.2) is 82.6 Å². The van der Waals surface area contributed by atoms with E-state index >= 15 is 0 Å². The van der Waals surface area contributed by atoms with Crippen LogP contribution in [0.1, 0.15) is 31.7 Å². The number of thiocarbonyl (C=S) groups is 1. The average molecular weight is 427 g/mol. The summed E-state index contributed by atoms with van der Waals surface area (Å²) in [5.74, 6) is 0.566. The molecule has 0 aliphatic rings. The first kappa shape index (κ1) is 20.7. The summed E-state index contributed by atoms with van der Waals surface area (Å²) in [6, 6.07) is 24.4. The lowest BCUT2D eigenvalue weighted by molar-refractivity contribution is 0.734. The third-order valence-electron chi connectivity index (χ3n) is 4.53. The van der Waals surface area contributed by atoms with Crippen molar-refractivity contribution in [3.63, 3.8) is 0 Å². The monoisotopic (exact) mass is 426 g/mol. The van der Waals surface area contributed by atoms with E-state index in [1.54, 1.807) is 11.8 Å². The van der Waals surface area contributed by atoms with Gasteiger partial charge in [0.25, 0.3) is 0 Å². The van der Waals surface area contributed by atoms with Gasteiger partial charge in [0, 0.05) is 20.5 Å². The van der Waals surface area contributed by atoms with Crippen LogP contribution in [-0.4, -0.2) is 5.11 Å². The number of para-hydroxylation sites is 1. The lowest BCUT2D eigenvalue weighted by atomic mass is 9.99. The first-order valence-electron chi connectivity index (χ1n) is 9.25. The van der Waals surface area contributed by atoms with E-state index in [0.717, 1.165) is 32.6 Å². The van der Waals surface area contributed by atoms with E-state index in [1.807, 2.05) is 42.5 Å². The van der Waals surface area contributed by atoms with Crippen LogP contribution in [0.2, 0.25) is 5.02 Å². The van der Waals surface area contributed by atoms with E-state index in [-0.39, 0.29) is 0 Å². The van der Waals surface area contributed by atoms with E-state index in [0.29, 0.717) is 11.0 Å². The number of benzene rings is 3. The van der Waals surface area contributed by atoms with Crippen LogP contribution < -0.4 is 10.6 Å². The summed E-state index contributed by atoms with van der Waals surface area (Å²) in [5, 5.41) is 7.89. The third-order valence-corrected chi connectivity index (χ3v) is 6.07. The summed E-state index contributed by atoms with van der Waals surface area (Å²) >= 11 is 13.2. The molecular weight excluding hydrogens is 404 g/mol. The number of hydrogen-bond donors (Lipinski definition) is 2. The standard InChI is InChI=1S/C23H23ClN2S2/c1-3-16(2)17-8-12-19(13-9-17)25-23(27)26-21-6-4-5-7-22(21)28-20-14-10-18(24)11-15-20/h4-16H,3H2,1-2H3,(H2,25,26,27). The van der Waals surface area contributed by atoms with Crippen LogP contribution in [0, 0.1) is 0 Å². The van der Waals surface area contributed by atoms with E-state index in [4.69, 9.17) is 23.8 Å². The fraction of sp³-hybridized carbons (Fsp3) is 0.174. The Morgan fingerprint density at radius 1 is 0.964 bits per heavy atom. The zero-order chi connectivity index (χ0) is 19.9. The maximum Gasteiger partial charge on any atom is 0.175 e. The van der Waals surface area contributed by atoms with Gasteiger partial charge >= 0.3 is 0 Å². The molecule has 0 fully saturated rings. The van der Waals surface area contributed by atoms with Gasteiger partial charge in [-0.2, -0.15) is 0 Å². The molecule has 3 rings (SSSR count). The van der Waals surface area contributed by atoms with Crippen molar-refractivity contribution in [3.05, 3.63) is 83.4 Å². The van der Waals surface area contributed by atoms with Crippen LogP contribution >= 0.6 is 35.6 Å². The van der Waals surface area contributed by atoms with E-state index in [2.05, 4.69) is 54.8 Å². The molecule has 0 saturated heterocycles. The highest BCUT2D eigenvalue weighted by Gasteiger charge is 2.07. The van der Waals surface area contributed by atoms with Crippen LogP contribution in [0.4, 0.5) is 11.4 Å². The Labute approximate surface area is 181 Å². The SMILES string of the molecule is CCC(C)c1ccc(NC(=S)Nc2ccccc2Sc2ccc(Cl)cc2)cc1. The topological polar surface area (TPSA) is 24.1 Å². The molecule has 28 heavy (non-hydrogen) atoms. The molecule has 0 aromatic heterocycles. The summed E-state index contributed by atoms with van der Waals surface area (Å²) in [4.78, 5) is 2.22. The molecule has 0 saturated carbocycles. The lowest BCUT2D eigenvalue weighted by Gasteiger charge is -2.15. The first-order valence-corrected chi connectivity index (χ1v) is 10.9. The number of hydrogen-bond acceptors (Lipinski definition) is 2. The van der Waals surface area contributed by atoms with Gasteiger partial charge in [-0.3, -0.25) is 0 Å². The van der Waals surface area contributed by atoms with Gasteiger partial charge in [0.05, 0.1) is 5.69 Å². The zero-order valence-electron chi connectivity index (χ0n) is 15.9. The van der Waals surface area contributed by atoms with Gasteiger partial charge < -0.3 is 10.6 Å². The molecule has 0 radical (unpaired) electrons. The van der Waals surface area contributed by atoms with Crippen molar-refractivity contribution >= 4 is 52.1 Å². The molecule has 2 nitrogen and oxygen atoms in total. The summed E-state index contributed by atoms with van der Waals surface area (Å²) in [6.45, 7) is 4.44. The number of anilines is 2. The van der Waals surface area contributed by atoms with Crippen LogP contribution in [-0.2, 0) is 0 Å². The highest BCUT2D eigenvalue weighted by molar-refractivity contribution is 7.99. The van der Waals surface area contributed by atoms with Crippen molar-refractivity contribution in [1.82, 2.24) is 0 Å². The molecule has 0 bridgehead atoms. The summed E-state index contributed by atoms with van der Waals surface area (Å²) < 4.78 is 0. The van der Waals surface area contributed by atoms with Crippen LogP contribution in [0.3, 0.4) is 0 Å². The third kappa shape index (κ3) is 5.74. The van der Waals surface area contributed by atoms with Crippen molar-refractivity contribution < 1.29 is 0 Å². The molecule has 0 aliphatic heterocycles. The molecule has 0 aliphatic carbocycles. The van der Waals surface area contributed by atoms with E-state index in [9.17, 15) is 0 Å². The average Bonchev–Trinajstić information content (AvgIpc) is 2.71. The highest BCUT2D eigenvalue weighted by atomic mass is 35.5. The maximum absolute atomic E-state index is 5.98. The molecule has 3 aromatic carbocycles. The Bertz CT molecular complexity index is 924. The van der Waals surface area contributed by atoms with Crippen molar-refractivity contribution in [3.8, 4) is 0 Å². The smallest absolute Gasteiger partial charge is 0.175 e. The normalized spacial score (nSPS) is 11.7. The van der Waals surface area contributed by atoms with Crippen molar-refractivity contribution in [2.24, 2.45) is 0 Å². The Balaban J connectivity index is 1.66. The van der Waals surface area contributed by atoms with Gasteiger partial charge in [-0.05, 0) is 78.7 Å². The summed E-state index contributed by atoms with van der Waals surface area (Å²) in [5.41, 5.74) is 3.29. The van der Waals surface area contributed by atoms with E-state index in [1.165, 1.54) is 5.56 Å². The first-order chi connectivity index (χ1) is 13.5. The maximum atomic E-state index is 5.98. The quantitative estimate of drug-likeness (QED) is 0.392. The predicted molar refractivity (Wildman–Crippen MR) is 127 cm³/mol. The van der Waals surface area contributed by atoms with Crippen molar-refractivity contribution in [2.75, 3.05) is 10.6 Å². The molecule has 0 amide bonds. The number of nitrogens with one attached hydrogen (secondary N) is 2. The highest BCUT2D eigenvalue weighted by Crippen LogP contribution is 2.34. The van der Waals surface area contributed by atoms with E-state index < -0.39 is 0 Å². The Hall–Kier alpha value is -2.01. The molecule has 1 unspecified atom stereocenters. The largest absolute Gasteiger partial charge is 0.332 e. The van der Waals surface area contributed by atoms with Gasteiger partial charge in [-0.15, -0.1) is 0 Å². The van der Waals surface area contributed by atoms with Crippen LogP contribution in [0.25, 0.3) is 0 Å². The number of rotatable bonds is 6. The second-order valence-corrected chi connectivity index (χ2v) is 8.52. The van der Waals surface area contributed by atoms with Gasteiger partial charge in [-0.1, -0.05) is 61.5 Å². The molecule has 144 valence electrons. The molecular formula is C23H23ClN2S2. The van der Waals surface area contributed by atoms with Gasteiger partial charge in [0.1, 0.15) is 0 Å². The minimum atomic E-state index is 0.566. The fourth-order valence-corrected chi connectivity index (χ4v) is 3.96. The molecule has 1 atom stereocenters. The van der Waals surface area contributed by atoms with Gasteiger partial charge in [-0.25, -0.2) is 0 Å². The Morgan fingerprint density at radius 2 is 1.64 bits per heavy atom. The zero-order valence-corrected chi connectivity index (χ0v) is 18.3. The number of halogens is 1. The molecule has 3 aromatic rings. The predicted octanol–water partition coefficient (Wildman–Crippen LogP) is 7.81. The molecule has 0 heterocycles. The molecule has 2 N–H and O–H groups in total.